The molecular weight excluding hydrogens is 451 g/mol. The second kappa shape index (κ2) is 12.8. The summed E-state index contributed by atoms with van der Waals surface area (Å²) in [5, 5.41) is 0.429. The van der Waals surface area contributed by atoms with Crippen molar-refractivity contribution >= 4 is 22.8 Å². The van der Waals surface area contributed by atoms with Gasteiger partial charge in [-0.1, -0.05) is 31.2 Å². The van der Waals surface area contributed by atoms with Crippen LogP contribution in [0.2, 0.25) is 0 Å². The minimum atomic E-state index is -0.378. The smallest absolute Gasteiger partial charge is 0.242 e. The lowest BCUT2D eigenvalue weighted by Crippen LogP contribution is -2.43. The predicted octanol–water partition coefficient (Wildman–Crippen LogP) is 4.13. The first-order valence-corrected chi connectivity index (χ1v) is 11.7. The number of benzene rings is 2. The quantitative estimate of drug-likeness (QED) is 0.363. The average Bonchev–Trinajstić information content (AvgIpc) is 2.86. The third kappa shape index (κ3) is 7.23. The number of fused-ring (bicyclic) bond motifs is 1. The van der Waals surface area contributed by atoms with Gasteiger partial charge in [-0.25, -0.2) is 4.39 Å². The molecule has 0 saturated heterocycles. The van der Waals surface area contributed by atoms with Crippen LogP contribution in [-0.2, 0) is 27.4 Å². The molecule has 3 aromatic rings. The second-order valence-corrected chi connectivity index (χ2v) is 8.37. The van der Waals surface area contributed by atoms with E-state index in [1.165, 1.54) is 28.2 Å². The third-order valence-corrected chi connectivity index (χ3v) is 5.67. The van der Waals surface area contributed by atoms with Crippen molar-refractivity contribution in [3.8, 4) is 0 Å². The fourth-order valence-electron chi connectivity index (χ4n) is 3.80. The van der Waals surface area contributed by atoms with E-state index < -0.39 is 0 Å². The Morgan fingerprint density at radius 1 is 1.00 bits per heavy atom. The third-order valence-electron chi connectivity index (χ3n) is 5.67. The summed E-state index contributed by atoms with van der Waals surface area (Å²) in [5.74, 6) is -0.802. The van der Waals surface area contributed by atoms with Crippen molar-refractivity contribution in [2.45, 2.75) is 39.3 Å². The Bertz CT molecular complexity index is 1190. The number of halogens is 1. The van der Waals surface area contributed by atoms with E-state index in [1.54, 1.807) is 43.5 Å². The summed E-state index contributed by atoms with van der Waals surface area (Å²) < 4.78 is 24.1. The van der Waals surface area contributed by atoms with E-state index in [9.17, 15) is 18.8 Å². The molecule has 0 N–H and O–H groups in total. The minimum absolute atomic E-state index is 0.00272. The molecular formula is C27H31FN2O5. The van der Waals surface area contributed by atoms with E-state index in [0.717, 1.165) is 0 Å². The van der Waals surface area contributed by atoms with Gasteiger partial charge in [-0.05, 0) is 42.7 Å². The number of rotatable bonds is 12. The number of ether oxygens (including phenoxy) is 1. The van der Waals surface area contributed by atoms with Crippen LogP contribution in [0.15, 0.2) is 64.0 Å². The normalized spacial score (nSPS) is 10.9. The van der Waals surface area contributed by atoms with Crippen LogP contribution in [0.4, 0.5) is 4.39 Å². The molecule has 0 atom stereocenters. The summed E-state index contributed by atoms with van der Waals surface area (Å²) in [6, 6.07) is 12.8. The first-order chi connectivity index (χ1) is 16.9. The van der Waals surface area contributed by atoms with E-state index in [-0.39, 0.29) is 42.7 Å². The van der Waals surface area contributed by atoms with E-state index in [4.69, 9.17) is 9.15 Å². The van der Waals surface area contributed by atoms with Crippen molar-refractivity contribution < 1.29 is 23.1 Å². The first kappa shape index (κ1) is 26.1. The SMILES string of the molecule is CCCC(=O)N(CCCOC)CC(=O)N(Cc1ccc(F)cc1)Cc1coc2ccccc2c1=O. The summed E-state index contributed by atoms with van der Waals surface area (Å²) in [6.07, 6.45) is 2.98. The lowest BCUT2D eigenvalue weighted by atomic mass is 10.1. The van der Waals surface area contributed by atoms with Crippen molar-refractivity contribution in [2.75, 3.05) is 26.8 Å². The molecule has 0 radical (unpaired) electrons. The molecule has 0 bridgehead atoms. The molecule has 0 aliphatic heterocycles. The molecule has 0 unspecified atom stereocenters. The number of methoxy groups -OCH3 is 1. The van der Waals surface area contributed by atoms with Crippen molar-refractivity contribution in [3.63, 3.8) is 0 Å². The zero-order valence-corrected chi connectivity index (χ0v) is 20.2. The number of nitrogens with zero attached hydrogens (tertiary/aromatic N) is 2. The average molecular weight is 483 g/mol. The van der Waals surface area contributed by atoms with Gasteiger partial charge in [0, 0.05) is 33.2 Å². The van der Waals surface area contributed by atoms with E-state index in [0.29, 0.717) is 54.5 Å². The molecule has 0 aliphatic rings. The fraction of sp³-hybridized carbons (Fsp3) is 0.370. The Balaban J connectivity index is 1.87. The number of carbonyl (C=O) groups excluding carboxylic acids is 2. The van der Waals surface area contributed by atoms with E-state index >= 15 is 0 Å². The number of hydrogen-bond donors (Lipinski definition) is 0. The van der Waals surface area contributed by atoms with Gasteiger partial charge in [0.25, 0.3) is 0 Å². The highest BCUT2D eigenvalue weighted by Crippen LogP contribution is 2.15. The Kier molecular flexibility index (Phi) is 9.55. The standard InChI is InChI=1S/C27H31FN2O5/c1-3-7-25(31)29(14-6-15-34-2)18-26(32)30(16-20-10-12-22(28)13-11-20)17-21-19-35-24-9-5-4-8-23(24)27(21)33/h4-5,8-13,19H,3,6-7,14-18H2,1-2H3. The van der Waals surface area contributed by atoms with Gasteiger partial charge in [-0.2, -0.15) is 0 Å². The van der Waals surface area contributed by atoms with Crippen LogP contribution in [0.1, 0.15) is 37.3 Å². The second-order valence-electron chi connectivity index (χ2n) is 8.37. The van der Waals surface area contributed by atoms with E-state index in [2.05, 4.69) is 0 Å². The predicted molar refractivity (Wildman–Crippen MR) is 131 cm³/mol. The molecule has 3 rings (SSSR count). The molecule has 0 spiro atoms. The maximum absolute atomic E-state index is 13.4. The van der Waals surface area contributed by atoms with Crippen LogP contribution in [-0.4, -0.2) is 48.4 Å². The molecule has 1 aromatic heterocycles. The zero-order valence-electron chi connectivity index (χ0n) is 20.2. The largest absolute Gasteiger partial charge is 0.464 e. The number of amides is 2. The summed E-state index contributed by atoms with van der Waals surface area (Å²) >= 11 is 0. The summed E-state index contributed by atoms with van der Waals surface area (Å²) in [4.78, 5) is 42.2. The highest BCUT2D eigenvalue weighted by Gasteiger charge is 2.22. The van der Waals surface area contributed by atoms with Crippen LogP contribution in [0.3, 0.4) is 0 Å². The molecule has 2 aromatic carbocycles. The molecule has 35 heavy (non-hydrogen) atoms. The maximum Gasteiger partial charge on any atom is 0.242 e. The molecule has 0 aliphatic carbocycles. The van der Waals surface area contributed by atoms with Crippen LogP contribution in [0.25, 0.3) is 11.0 Å². The summed E-state index contributed by atoms with van der Waals surface area (Å²) in [7, 11) is 1.59. The lowest BCUT2D eigenvalue weighted by molar-refractivity contribution is -0.141. The Morgan fingerprint density at radius 2 is 1.74 bits per heavy atom. The van der Waals surface area contributed by atoms with Gasteiger partial charge < -0.3 is 19.0 Å². The maximum atomic E-state index is 13.4. The molecule has 2 amide bonds. The van der Waals surface area contributed by atoms with Crippen molar-refractivity contribution in [2.24, 2.45) is 0 Å². The number of carbonyl (C=O) groups is 2. The van der Waals surface area contributed by atoms with Crippen LogP contribution >= 0.6 is 0 Å². The van der Waals surface area contributed by atoms with Crippen molar-refractivity contribution in [3.05, 3.63) is 82.0 Å². The van der Waals surface area contributed by atoms with Gasteiger partial charge in [0.2, 0.25) is 11.8 Å². The topological polar surface area (TPSA) is 80.1 Å². The highest BCUT2D eigenvalue weighted by molar-refractivity contribution is 5.85. The molecule has 8 heteroatoms. The first-order valence-electron chi connectivity index (χ1n) is 11.7. The highest BCUT2D eigenvalue weighted by atomic mass is 19.1. The Morgan fingerprint density at radius 3 is 2.46 bits per heavy atom. The van der Waals surface area contributed by atoms with Gasteiger partial charge in [-0.3, -0.25) is 14.4 Å². The van der Waals surface area contributed by atoms with Crippen LogP contribution < -0.4 is 5.43 Å². The molecule has 0 saturated carbocycles. The number of para-hydroxylation sites is 1. The van der Waals surface area contributed by atoms with Gasteiger partial charge in [0.1, 0.15) is 11.4 Å². The van der Waals surface area contributed by atoms with Gasteiger partial charge in [0.15, 0.2) is 5.43 Å². The van der Waals surface area contributed by atoms with Gasteiger partial charge in [0.05, 0.1) is 30.3 Å². The van der Waals surface area contributed by atoms with Crippen LogP contribution in [0, 0.1) is 5.82 Å². The van der Waals surface area contributed by atoms with Gasteiger partial charge in [-0.15, -0.1) is 0 Å². The van der Waals surface area contributed by atoms with Gasteiger partial charge >= 0.3 is 0 Å². The molecule has 1 heterocycles. The fourth-order valence-corrected chi connectivity index (χ4v) is 3.80. The zero-order chi connectivity index (χ0) is 25.2. The minimum Gasteiger partial charge on any atom is -0.464 e. The Hall–Kier alpha value is -3.52. The number of hydrogen-bond acceptors (Lipinski definition) is 5. The molecule has 7 nitrogen and oxygen atoms in total. The summed E-state index contributed by atoms with van der Waals surface area (Å²) in [5.41, 5.74) is 1.27. The monoisotopic (exact) mass is 482 g/mol. The summed E-state index contributed by atoms with van der Waals surface area (Å²) in [6.45, 7) is 2.80. The molecule has 186 valence electrons. The molecule has 0 fully saturated rings. The van der Waals surface area contributed by atoms with Crippen molar-refractivity contribution in [1.82, 2.24) is 9.80 Å². The van der Waals surface area contributed by atoms with Crippen LogP contribution in [0.5, 0.6) is 0 Å². The lowest BCUT2D eigenvalue weighted by Gasteiger charge is -2.28. The van der Waals surface area contributed by atoms with Crippen molar-refractivity contribution in [1.29, 1.82) is 0 Å². The Labute approximate surface area is 204 Å². The van der Waals surface area contributed by atoms with E-state index in [1.807, 2.05) is 6.92 Å².